The lowest BCUT2D eigenvalue weighted by atomic mass is 10.1. The van der Waals surface area contributed by atoms with Crippen molar-refractivity contribution in [2.24, 2.45) is 0 Å². The lowest BCUT2D eigenvalue weighted by molar-refractivity contribution is -0.141. The first-order chi connectivity index (χ1) is 12.3. The van der Waals surface area contributed by atoms with Gasteiger partial charge in [0.25, 0.3) is 11.5 Å². The first-order valence-electron chi connectivity index (χ1n) is 8.47. The van der Waals surface area contributed by atoms with Crippen LogP contribution in [0.1, 0.15) is 59.9 Å². The molecule has 0 fully saturated rings. The van der Waals surface area contributed by atoms with Crippen LogP contribution < -0.4 is 10.9 Å². The maximum Gasteiger partial charge on any atom is 0.431 e. The Hall–Kier alpha value is -2.57. The van der Waals surface area contributed by atoms with E-state index >= 15 is 0 Å². The van der Waals surface area contributed by atoms with Gasteiger partial charge in [-0.1, -0.05) is 44.5 Å². The maximum absolute atomic E-state index is 12.5. The Bertz CT molecular complexity index is 828. The summed E-state index contributed by atoms with van der Waals surface area (Å²) in [5.74, 6) is -0.679. The van der Waals surface area contributed by atoms with Crippen LogP contribution in [-0.4, -0.2) is 10.9 Å². The number of halogens is 3. The third kappa shape index (κ3) is 4.53. The molecule has 0 aliphatic heterocycles. The molecule has 26 heavy (non-hydrogen) atoms. The average Bonchev–Trinajstić information content (AvgIpc) is 2.98. The van der Waals surface area contributed by atoms with E-state index in [0.29, 0.717) is 12.5 Å². The molecule has 1 atom stereocenters. The van der Waals surface area contributed by atoms with E-state index in [1.54, 1.807) is 4.98 Å². The second-order valence-electron chi connectivity index (χ2n) is 6.08. The van der Waals surface area contributed by atoms with E-state index in [1.165, 1.54) is 6.42 Å². The van der Waals surface area contributed by atoms with Crippen LogP contribution in [0.3, 0.4) is 0 Å². The van der Waals surface area contributed by atoms with Gasteiger partial charge in [-0.15, -0.1) is 0 Å². The summed E-state index contributed by atoms with van der Waals surface area (Å²) in [5.41, 5.74) is -0.459. The lowest BCUT2D eigenvalue weighted by Gasteiger charge is -2.14. The topological polar surface area (TPSA) is 62.0 Å². The van der Waals surface area contributed by atoms with Gasteiger partial charge < -0.3 is 10.3 Å². The highest BCUT2D eigenvalue weighted by molar-refractivity contribution is 5.94. The number of hydrogen-bond donors (Lipinski definition) is 2. The van der Waals surface area contributed by atoms with Crippen LogP contribution >= 0.6 is 0 Å². The molecule has 1 aliphatic rings. The molecule has 0 bridgehead atoms. The van der Waals surface area contributed by atoms with Gasteiger partial charge in [-0.25, -0.2) is 0 Å². The molecule has 0 radical (unpaired) electrons. The molecule has 7 heteroatoms. The Morgan fingerprint density at radius 2 is 1.85 bits per heavy atom. The largest absolute Gasteiger partial charge is 0.431 e. The van der Waals surface area contributed by atoms with Gasteiger partial charge in [-0.05, 0) is 36.1 Å². The number of benzene rings is 1. The van der Waals surface area contributed by atoms with Crippen LogP contribution in [0.25, 0.3) is 0 Å². The van der Waals surface area contributed by atoms with Crippen molar-refractivity contribution in [1.82, 2.24) is 10.3 Å². The number of aryl methyl sites for hydroxylation is 1. The van der Waals surface area contributed by atoms with Crippen LogP contribution in [0.4, 0.5) is 13.2 Å². The summed E-state index contributed by atoms with van der Waals surface area (Å²) in [6, 6.07) is 8.98. The number of amides is 1. The van der Waals surface area contributed by atoms with Crippen molar-refractivity contribution in [2.45, 2.75) is 45.3 Å². The number of fused-ring (bicyclic) bond motifs is 1. The molecule has 0 saturated carbocycles. The van der Waals surface area contributed by atoms with E-state index in [4.69, 9.17) is 0 Å². The second-order valence-corrected chi connectivity index (χ2v) is 6.08. The SMILES string of the molecule is CCC.O=C(NC1CCc2ccccc21)c1ccc(C(F)(F)F)[nH]c1=O. The van der Waals surface area contributed by atoms with Crippen molar-refractivity contribution >= 4 is 5.91 Å². The van der Waals surface area contributed by atoms with Gasteiger partial charge in [-0.3, -0.25) is 9.59 Å². The Kier molecular flexibility index (Phi) is 6.23. The van der Waals surface area contributed by atoms with Crippen LogP contribution in [0, 0.1) is 0 Å². The standard InChI is InChI=1S/C16H13F3N2O2.C3H8/c17-16(18,19)13-8-6-11(15(23)21-13)14(22)20-12-7-5-9-3-1-2-4-10(9)12;1-3-2/h1-4,6,8,12H,5,7H2,(H,20,22)(H,21,23);3H2,1-2H3. The normalized spacial score (nSPS) is 15.7. The van der Waals surface area contributed by atoms with Crippen molar-refractivity contribution < 1.29 is 18.0 Å². The van der Waals surface area contributed by atoms with E-state index in [1.807, 2.05) is 24.3 Å². The van der Waals surface area contributed by atoms with Crippen molar-refractivity contribution in [3.8, 4) is 0 Å². The number of nitrogens with one attached hydrogen (secondary N) is 2. The number of aromatic nitrogens is 1. The molecular weight excluding hydrogens is 345 g/mol. The first kappa shape index (κ1) is 19.8. The van der Waals surface area contributed by atoms with Crippen molar-refractivity contribution in [3.05, 3.63) is 69.1 Å². The molecule has 140 valence electrons. The van der Waals surface area contributed by atoms with Crippen LogP contribution in [0.2, 0.25) is 0 Å². The molecule has 1 aromatic carbocycles. The maximum atomic E-state index is 12.5. The number of carbonyl (C=O) groups excluding carboxylic acids is 1. The summed E-state index contributed by atoms with van der Waals surface area (Å²) in [7, 11) is 0. The predicted molar refractivity (Wildman–Crippen MR) is 93.0 cm³/mol. The average molecular weight is 366 g/mol. The highest BCUT2D eigenvalue weighted by Crippen LogP contribution is 2.31. The molecular formula is C19H21F3N2O2. The molecule has 0 spiro atoms. The van der Waals surface area contributed by atoms with E-state index in [0.717, 1.165) is 23.6 Å². The molecule has 2 aromatic rings. The molecule has 0 saturated heterocycles. The van der Waals surface area contributed by atoms with E-state index in [-0.39, 0.29) is 11.6 Å². The fourth-order valence-corrected chi connectivity index (χ4v) is 2.76. The minimum Gasteiger partial charge on any atom is -0.345 e. The van der Waals surface area contributed by atoms with Crippen molar-refractivity contribution in [1.29, 1.82) is 0 Å². The number of alkyl halides is 3. The van der Waals surface area contributed by atoms with Crippen molar-refractivity contribution in [3.63, 3.8) is 0 Å². The Balaban J connectivity index is 0.000000758. The van der Waals surface area contributed by atoms with Gasteiger partial charge in [0, 0.05) is 0 Å². The highest BCUT2D eigenvalue weighted by Gasteiger charge is 2.32. The smallest absolute Gasteiger partial charge is 0.345 e. The minimum absolute atomic E-state index is 0.236. The number of pyridine rings is 1. The molecule has 3 rings (SSSR count). The zero-order valence-electron chi connectivity index (χ0n) is 14.6. The summed E-state index contributed by atoms with van der Waals surface area (Å²) >= 11 is 0. The zero-order valence-corrected chi connectivity index (χ0v) is 14.6. The van der Waals surface area contributed by atoms with Gasteiger partial charge in [-0.2, -0.15) is 13.2 Å². The first-order valence-corrected chi connectivity index (χ1v) is 8.47. The van der Waals surface area contributed by atoms with E-state index < -0.39 is 23.3 Å². The molecule has 4 nitrogen and oxygen atoms in total. The highest BCUT2D eigenvalue weighted by atomic mass is 19.4. The third-order valence-electron chi connectivity index (χ3n) is 3.90. The van der Waals surface area contributed by atoms with E-state index in [9.17, 15) is 22.8 Å². The lowest BCUT2D eigenvalue weighted by Crippen LogP contribution is -2.32. The summed E-state index contributed by atoms with van der Waals surface area (Å²) in [5, 5.41) is 2.71. The quantitative estimate of drug-likeness (QED) is 0.836. The van der Waals surface area contributed by atoms with Gasteiger partial charge in [0.05, 0.1) is 6.04 Å². The van der Waals surface area contributed by atoms with Gasteiger partial charge in [0.15, 0.2) is 0 Å². The monoisotopic (exact) mass is 366 g/mol. The molecule has 1 unspecified atom stereocenters. The summed E-state index contributed by atoms with van der Waals surface area (Å²) in [6.45, 7) is 4.25. The molecule has 1 heterocycles. The molecule has 2 N–H and O–H groups in total. The molecule has 1 aromatic heterocycles. The van der Waals surface area contributed by atoms with Crippen LogP contribution in [-0.2, 0) is 12.6 Å². The van der Waals surface area contributed by atoms with Gasteiger partial charge >= 0.3 is 6.18 Å². The number of aromatic amines is 1. The van der Waals surface area contributed by atoms with Crippen LogP contribution in [0.5, 0.6) is 0 Å². The fraction of sp³-hybridized carbons (Fsp3) is 0.368. The summed E-state index contributed by atoms with van der Waals surface area (Å²) in [4.78, 5) is 25.6. The third-order valence-corrected chi connectivity index (χ3v) is 3.90. The minimum atomic E-state index is -4.65. The fourth-order valence-electron chi connectivity index (χ4n) is 2.76. The van der Waals surface area contributed by atoms with E-state index in [2.05, 4.69) is 19.2 Å². The van der Waals surface area contributed by atoms with Gasteiger partial charge in [0.1, 0.15) is 11.3 Å². The Labute approximate surface area is 149 Å². The molecule has 1 amide bonds. The van der Waals surface area contributed by atoms with Crippen molar-refractivity contribution in [2.75, 3.05) is 0 Å². The van der Waals surface area contributed by atoms with Crippen LogP contribution in [0.15, 0.2) is 41.2 Å². The Morgan fingerprint density at radius 1 is 1.19 bits per heavy atom. The number of rotatable bonds is 2. The predicted octanol–water partition coefficient (Wildman–Crippen LogP) is 4.23. The Morgan fingerprint density at radius 3 is 2.46 bits per heavy atom. The number of hydrogen-bond acceptors (Lipinski definition) is 2. The molecule has 1 aliphatic carbocycles. The summed E-state index contributed by atoms with van der Waals surface area (Å²) < 4.78 is 37.6. The summed E-state index contributed by atoms with van der Waals surface area (Å²) in [6.07, 6.45) is -1.90. The van der Waals surface area contributed by atoms with Gasteiger partial charge in [0.2, 0.25) is 0 Å². The zero-order chi connectivity index (χ0) is 19.3. The second kappa shape index (κ2) is 8.21. The number of H-pyrrole nitrogens is 1. The number of carbonyl (C=O) groups is 1.